The summed E-state index contributed by atoms with van der Waals surface area (Å²) < 4.78 is 7.07. The topological polar surface area (TPSA) is 82.5 Å². The Balaban J connectivity index is 1.44. The van der Waals surface area contributed by atoms with Crippen LogP contribution in [-0.4, -0.2) is 30.1 Å². The minimum atomic E-state index is 0.474. The first-order valence-corrected chi connectivity index (χ1v) is 9.54. The van der Waals surface area contributed by atoms with Crippen molar-refractivity contribution in [2.75, 3.05) is 0 Å². The largest absolute Gasteiger partial charge is 0.338 e. The summed E-state index contributed by atoms with van der Waals surface area (Å²) in [5, 5.41) is 18.2. The quantitative estimate of drug-likeness (QED) is 0.464. The fourth-order valence-electron chi connectivity index (χ4n) is 2.56. The lowest BCUT2D eigenvalue weighted by Crippen LogP contribution is -2.03. The summed E-state index contributed by atoms with van der Waals surface area (Å²) in [5.41, 5.74) is 2.70. The molecule has 4 rings (SSSR count). The first kappa shape index (κ1) is 17.7. The lowest BCUT2D eigenvalue weighted by atomic mass is 10.2. The van der Waals surface area contributed by atoms with Crippen molar-refractivity contribution in [3.05, 3.63) is 64.8 Å². The van der Waals surface area contributed by atoms with Gasteiger partial charge in [0.05, 0.1) is 16.5 Å². The maximum atomic E-state index is 6.17. The Morgan fingerprint density at radius 2 is 1.96 bits per heavy atom. The van der Waals surface area contributed by atoms with Crippen molar-refractivity contribution in [1.82, 2.24) is 30.1 Å². The highest BCUT2D eigenvalue weighted by Gasteiger charge is 2.12. The molecule has 1 aromatic carbocycles. The van der Waals surface area contributed by atoms with E-state index in [0.29, 0.717) is 28.3 Å². The van der Waals surface area contributed by atoms with E-state index >= 15 is 0 Å². The molecule has 0 amide bonds. The van der Waals surface area contributed by atoms with Crippen molar-refractivity contribution in [2.45, 2.75) is 24.6 Å². The Labute approximate surface area is 164 Å². The second-order valence-corrected chi connectivity index (χ2v) is 7.25. The van der Waals surface area contributed by atoms with E-state index in [4.69, 9.17) is 16.1 Å². The van der Waals surface area contributed by atoms with Gasteiger partial charge in [-0.15, -0.1) is 10.2 Å². The number of aryl methyl sites for hydroxylation is 2. The molecule has 0 aliphatic carbocycles. The van der Waals surface area contributed by atoms with E-state index in [1.165, 1.54) is 11.8 Å². The van der Waals surface area contributed by atoms with Crippen molar-refractivity contribution in [3.8, 4) is 17.2 Å². The van der Waals surface area contributed by atoms with Gasteiger partial charge >= 0.3 is 0 Å². The molecule has 0 atom stereocenters. The van der Waals surface area contributed by atoms with Crippen molar-refractivity contribution in [2.24, 2.45) is 0 Å². The van der Waals surface area contributed by atoms with Crippen molar-refractivity contribution < 1.29 is 4.52 Å². The molecule has 4 aromatic rings. The van der Waals surface area contributed by atoms with Crippen LogP contribution in [0.1, 0.15) is 17.3 Å². The molecule has 7 nitrogen and oxygen atoms in total. The van der Waals surface area contributed by atoms with Gasteiger partial charge in [-0.1, -0.05) is 40.7 Å². The Hall–Kier alpha value is -2.71. The second kappa shape index (κ2) is 7.50. The Bertz CT molecular complexity index is 1080. The number of rotatable bonds is 5. The van der Waals surface area contributed by atoms with Gasteiger partial charge in [0.1, 0.15) is 5.03 Å². The fraction of sp³-hybridized carbons (Fsp3) is 0.167. The number of thioether (sulfide) groups is 1. The molecule has 3 aromatic heterocycles. The lowest BCUT2D eigenvalue weighted by Gasteiger charge is -2.03. The maximum absolute atomic E-state index is 6.17. The molecule has 27 heavy (non-hydrogen) atoms. The Kier molecular flexibility index (Phi) is 4.91. The minimum absolute atomic E-state index is 0.474. The van der Waals surface area contributed by atoms with Crippen molar-refractivity contribution >= 4 is 23.4 Å². The molecule has 0 fully saturated rings. The van der Waals surface area contributed by atoms with Gasteiger partial charge in [-0.2, -0.15) is 10.1 Å². The third kappa shape index (κ3) is 3.86. The highest BCUT2D eigenvalue weighted by molar-refractivity contribution is 7.98. The summed E-state index contributed by atoms with van der Waals surface area (Å²) in [6.07, 6.45) is 0. The first-order valence-electron chi connectivity index (χ1n) is 8.18. The molecule has 0 spiro atoms. The van der Waals surface area contributed by atoms with Crippen LogP contribution in [0.2, 0.25) is 5.02 Å². The first-order chi connectivity index (χ1) is 13.1. The molecular weight excluding hydrogens is 384 g/mol. The molecule has 0 saturated heterocycles. The minimum Gasteiger partial charge on any atom is -0.338 e. The van der Waals surface area contributed by atoms with Crippen LogP contribution in [0.5, 0.6) is 0 Å². The van der Waals surface area contributed by atoms with Crippen LogP contribution < -0.4 is 0 Å². The molecule has 0 bridgehead atoms. The van der Waals surface area contributed by atoms with Gasteiger partial charge in [0.25, 0.3) is 0 Å². The van der Waals surface area contributed by atoms with Crippen LogP contribution in [0.25, 0.3) is 17.2 Å². The van der Waals surface area contributed by atoms with Gasteiger partial charge in [0.2, 0.25) is 11.7 Å². The number of hydrogen-bond donors (Lipinski definition) is 0. The monoisotopic (exact) mass is 398 g/mol. The van der Waals surface area contributed by atoms with E-state index in [9.17, 15) is 0 Å². The summed E-state index contributed by atoms with van der Waals surface area (Å²) in [4.78, 5) is 4.39. The number of aromatic nitrogens is 6. The van der Waals surface area contributed by atoms with Gasteiger partial charge < -0.3 is 4.52 Å². The zero-order valence-corrected chi connectivity index (χ0v) is 16.2. The molecule has 0 aliphatic heterocycles. The highest BCUT2D eigenvalue weighted by atomic mass is 35.5. The standard InChI is InChI=1S/C18H15ClN6OS/c1-11-9-12(2)25(23-11)15-7-8-17(22-21-15)27-10-16-20-18(24-26-16)13-5-3-4-6-14(13)19/h3-9H,10H2,1-2H3. The smallest absolute Gasteiger partial charge is 0.237 e. The summed E-state index contributed by atoms with van der Waals surface area (Å²) >= 11 is 7.63. The summed E-state index contributed by atoms with van der Waals surface area (Å²) in [5.74, 6) is 2.15. The average Bonchev–Trinajstić information content (AvgIpc) is 3.27. The van der Waals surface area contributed by atoms with E-state index in [-0.39, 0.29) is 0 Å². The number of nitrogens with zero attached hydrogens (tertiary/aromatic N) is 6. The van der Waals surface area contributed by atoms with Crippen LogP contribution in [-0.2, 0) is 5.75 Å². The van der Waals surface area contributed by atoms with E-state index in [0.717, 1.165) is 22.0 Å². The summed E-state index contributed by atoms with van der Waals surface area (Å²) in [6, 6.07) is 13.2. The SMILES string of the molecule is Cc1cc(C)n(-c2ccc(SCc3nc(-c4ccccc4Cl)no3)nn2)n1. The van der Waals surface area contributed by atoms with E-state index in [1.54, 1.807) is 10.7 Å². The van der Waals surface area contributed by atoms with Gasteiger partial charge in [-0.05, 0) is 44.2 Å². The average molecular weight is 399 g/mol. The highest BCUT2D eigenvalue weighted by Crippen LogP contribution is 2.26. The Morgan fingerprint density at radius 3 is 2.67 bits per heavy atom. The third-order valence-electron chi connectivity index (χ3n) is 3.78. The normalized spacial score (nSPS) is 11.1. The molecule has 0 N–H and O–H groups in total. The summed E-state index contributed by atoms with van der Waals surface area (Å²) in [6.45, 7) is 3.93. The van der Waals surface area contributed by atoms with Gasteiger partial charge in [-0.3, -0.25) is 0 Å². The van der Waals surface area contributed by atoms with Gasteiger partial charge in [0, 0.05) is 11.3 Å². The lowest BCUT2D eigenvalue weighted by molar-refractivity contribution is 0.391. The predicted molar refractivity (Wildman–Crippen MR) is 103 cm³/mol. The molecule has 0 aliphatic rings. The van der Waals surface area contributed by atoms with Crippen LogP contribution in [0, 0.1) is 13.8 Å². The van der Waals surface area contributed by atoms with E-state index < -0.39 is 0 Å². The molecule has 0 unspecified atom stereocenters. The van der Waals surface area contributed by atoms with Crippen LogP contribution in [0.15, 0.2) is 52.0 Å². The molecule has 136 valence electrons. The number of hydrogen-bond acceptors (Lipinski definition) is 7. The molecule has 0 saturated carbocycles. The van der Waals surface area contributed by atoms with E-state index in [1.807, 2.05) is 50.2 Å². The second-order valence-electron chi connectivity index (χ2n) is 5.85. The zero-order valence-electron chi connectivity index (χ0n) is 14.6. The van der Waals surface area contributed by atoms with Gasteiger partial charge in [0.15, 0.2) is 5.82 Å². The number of halogens is 1. The van der Waals surface area contributed by atoms with Crippen LogP contribution in [0.4, 0.5) is 0 Å². The Morgan fingerprint density at radius 1 is 1.11 bits per heavy atom. The molecule has 0 radical (unpaired) electrons. The van der Waals surface area contributed by atoms with Crippen LogP contribution >= 0.6 is 23.4 Å². The fourth-order valence-corrected chi connectivity index (χ4v) is 3.44. The van der Waals surface area contributed by atoms with E-state index in [2.05, 4.69) is 25.4 Å². The zero-order chi connectivity index (χ0) is 18.8. The molecule has 3 heterocycles. The predicted octanol–water partition coefficient (Wildman–Crippen LogP) is 4.27. The maximum Gasteiger partial charge on any atom is 0.237 e. The molecular formula is C18H15ClN6OS. The van der Waals surface area contributed by atoms with Crippen molar-refractivity contribution in [1.29, 1.82) is 0 Å². The van der Waals surface area contributed by atoms with Crippen LogP contribution in [0.3, 0.4) is 0 Å². The summed E-state index contributed by atoms with van der Waals surface area (Å²) in [7, 11) is 0. The van der Waals surface area contributed by atoms with Gasteiger partial charge in [-0.25, -0.2) is 4.68 Å². The number of benzene rings is 1. The third-order valence-corrected chi connectivity index (χ3v) is 5.01. The molecule has 9 heteroatoms. The van der Waals surface area contributed by atoms with Crippen molar-refractivity contribution in [3.63, 3.8) is 0 Å².